The van der Waals surface area contributed by atoms with E-state index < -0.39 is 35.7 Å². The van der Waals surface area contributed by atoms with Gasteiger partial charge >= 0.3 is 5.97 Å². The van der Waals surface area contributed by atoms with Crippen LogP contribution in [0.15, 0.2) is 29.2 Å². The Kier molecular flexibility index (Phi) is 8.28. The number of carbonyl (C=O) groups is 1. The van der Waals surface area contributed by atoms with Crippen molar-refractivity contribution in [2.24, 2.45) is 5.92 Å². The van der Waals surface area contributed by atoms with Crippen molar-refractivity contribution in [2.75, 3.05) is 19.1 Å². The van der Waals surface area contributed by atoms with Crippen LogP contribution in [0.25, 0.3) is 0 Å². The molecule has 0 heterocycles. The number of carboxylic acids is 1. The lowest BCUT2D eigenvalue weighted by Gasteiger charge is -2.21. The molecule has 0 amide bonds. The fourth-order valence-corrected chi connectivity index (χ4v) is 5.85. The van der Waals surface area contributed by atoms with Gasteiger partial charge < -0.3 is 9.63 Å². The maximum Gasteiger partial charge on any atom is 0.307 e. The van der Waals surface area contributed by atoms with Gasteiger partial charge in [0.1, 0.15) is 6.35 Å². The minimum atomic E-state index is -4.10. The molecule has 0 aliphatic rings. The third-order valence-electron chi connectivity index (χ3n) is 3.56. The topological polar surface area (TPSA) is 107 Å². The van der Waals surface area contributed by atoms with E-state index in [-0.39, 0.29) is 17.7 Å². The van der Waals surface area contributed by atoms with Gasteiger partial charge in [-0.05, 0) is 32.4 Å². The highest BCUT2D eigenvalue weighted by molar-refractivity contribution is 7.87. The van der Waals surface area contributed by atoms with Gasteiger partial charge in [-0.25, -0.2) is 0 Å². The Morgan fingerprint density at radius 2 is 1.84 bits per heavy atom. The van der Waals surface area contributed by atoms with Gasteiger partial charge in [-0.2, -0.15) is 8.42 Å². The molecule has 0 aliphatic heterocycles. The molecular weight excluding hydrogens is 367 g/mol. The lowest BCUT2D eigenvalue weighted by molar-refractivity contribution is -0.141. The van der Waals surface area contributed by atoms with E-state index in [0.29, 0.717) is 12.8 Å². The number of aliphatic carboxylic acids is 1. The summed E-state index contributed by atoms with van der Waals surface area (Å²) in [5, 5.41) is 9.23. The van der Waals surface area contributed by atoms with Gasteiger partial charge in [-0.15, -0.1) is 0 Å². The monoisotopic (exact) mass is 392 g/mol. The first-order valence-electron chi connectivity index (χ1n) is 8.05. The third-order valence-corrected chi connectivity index (χ3v) is 7.26. The van der Waals surface area contributed by atoms with Crippen LogP contribution in [0.1, 0.15) is 32.3 Å². The van der Waals surface area contributed by atoms with E-state index in [9.17, 15) is 22.9 Å². The highest BCUT2D eigenvalue weighted by Gasteiger charge is 2.33. The summed E-state index contributed by atoms with van der Waals surface area (Å²) in [5.41, 5.74) is 0.891. The summed E-state index contributed by atoms with van der Waals surface area (Å²) in [6.07, 6.45) is 0.000693. The van der Waals surface area contributed by atoms with Crippen LogP contribution in [0.2, 0.25) is 0 Å². The van der Waals surface area contributed by atoms with Gasteiger partial charge in [-0.3, -0.25) is 13.5 Å². The van der Waals surface area contributed by atoms with Crippen LogP contribution in [0.5, 0.6) is 0 Å². The Morgan fingerprint density at radius 3 is 2.32 bits per heavy atom. The second kappa shape index (κ2) is 9.48. The van der Waals surface area contributed by atoms with Crippen molar-refractivity contribution in [2.45, 2.75) is 38.5 Å². The van der Waals surface area contributed by atoms with Crippen LogP contribution in [0, 0.1) is 12.8 Å². The van der Waals surface area contributed by atoms with E-state index in [1.807, 2.05) is 13.8 Å². The zero-order valence-electron chi connectivity index (χ0n) is 14.7. The Balaban J connectivity index is 2.91. The van der Waals surface area contributed by atoms with Gasteiger partial charge in [-0.1, -0.05) is 31.0 Å². The minimum Gasteiger partial charge on any atom is -0.481 e. The van der Waals surface area contributed by atoms with Gasteiger partial charge in [0.15, 0.2) is 0 Å². The van der Waals surface area contributed by atoms with Gasteiger partial charge in [0.25, 0.3) is 10.1 Å². The molecular formula is C16H25O7PS. The van der Waals surface area contributed by atoms with Crippen molar-refractivity contribution in [3.05, 3.63) is 29.8 Å². The SMILES string of the molecule is CCCC(CP(=O)(COS(=O)(=O)c1ccc(C)cc1)OCC)C(=O)O. The third kappa shape index (κ3) is 6.90. The average molecular weight is 392 g/mol. The molecule has 0 fully saturated rings. The van der Waals surface area contributed by atoms with Crippen LogP contribution < -0.4 is 0 Å². The second-order valence-corrected chi connectivity index (χ2v) is 9.88. The van der Waals surface area contributed by atoms with Crippen LogP contribution >= 0.6 is 7.37 Å². The first-order valence-corrected chi connectivity index (χ1v) is 11.5. The quantitative estimate of drug-likeness (QED) is 0.454. The molecule has 2 atom stereocenters. The number of hydrogen-bond donors (Lipinski definition) is 1. The molecule has 9 heteroatoms. The summed E-state index contributed by atoms with van der Waals surface area (Å²) in [6, 6.07) is 6.04. The van der Waals surface area contributed by atoms with Crippen LogP contribution in [-0.4, -0.2) is 38.6 Å². The van der Waals surface area contributed by atoms with Crippen LogP contribution in [0.4, 0.5) is 0 Å². The lowest BCUT2D eigenvalue weighted by atomic mass is 10.1. The summed E-state index contributed by atoms with van der Waals surface area (Å²) < 4.78 is 47.4. The average Bonchev–Trinajstić information content (AvgIpc) is 2.53. The first kappa shape index (κ1) is 21.8. The molecule has 0 radical (unpaired) electrons. The molecule has 0 spiro atoms. The van der Waals surface area contributed by atoms with Gasteiger partial charge in [0, 0.05) is 6.16 Å². The van der Waals surface area contributed by atoms with E-state index in [4.69, 9.17) is 8.71 Å². The molecule has 2 unspecified atom stereocenters. The summed E-state index contributed by atoms with van der Waals surface area (Å²) in [5.74, 6) is -1.95. The standard InChI is InChI=1S/C16H25O7PS/c1-4-6-14(16(17)18)11-24(19,22-5-2)12-23-25(20,21)15-9-7-13(3)8-10-15/h7-10,14H,4-6,11-12H2,1-3H3,(H,17,18). The Labute approximate surface area is 148 Å². The largest absolute Gasteiger partial charge is 0.481 e. The van der Waals surface area contributed by atoms with Gasteiger partial charge in [0.05, 0.1) is 17.4 Å². The molecule has 0 aromatic heterocycles. The number of rotatable bonds is 11. The summed E-state index contributed by atoms with van der Waals surface area (Å²) in [7, 11) is -7.66. The van der Waals surface area contributed by atoms with Gasteiger partial charge in [0.2, 0.25) is 7.37 Å². The maximum absolute atomic E-state index is 12.9. The smallest absolute Gasteiger partial charge is 0.307 e. The lowest BCUT2D eigenvalue weighted by Crippen LogP contribution is -2.21. The molecule has 7 nitrogen and oxygen atoms in total. The minimum absolute atomic E-state index is 0.0514. The van der Waals surface area contributed by atoms with E-state index in [1.54, 1.807) is 19.1 Å². The molecule has 25 heavy (non-hydrogen) atoms. The van der Waals surface area contributed by atoms with E-state index >= 15 is 0 Å². The fourth-order valence-electron chi connectivity index (χ4n) is 2.28. The van der Waals surface area contributed by atoms with Crippen LogP contribution in [-0.2, 0) is 28.2 Å². The van der Waals surface area contributed by atoms with Crippen molar-refractivity contribution >= 4 is 23.5 Å². The maximum atomic E-state index is 12.9. The summed E-state index contributed by atoms with van der Waals surface area (Å²) >= 11 is 0. The summed E-state index contributed by atoms with van der Waals surface area (Å²) in [6.45, 7) is 5.32. The Hall–Kier alpha value is -1.21. The number of carboxylic acid groups (broad SMARTS) is 1. The molecule has 1 aromatic carbocycles. The van der Waals surface area contributed by atoms with E-state index in [2.05, 4.69) is 0 Å². The predicted octanol–water partition coefficient (Wildman–Crippen LogP) is 3.47. The van der Waals surface area contributed by atoms with Crippen molar-refractivity contribution < 1.29 is 31.6 Å². The molecule has 0 aliphatic carbocycles. The molecule has 142 valence electrons. The molecule has 0 saturated carbocycles. The Bertz CT molecular complexity index is 713. The molecule has 0 bridgehead atoms. The van der Waals surface area contributed by atoms with Crippen molar-refractivity contribution in [3.8, 4) is 0 Å². The van der Waals surface area contributed by atoms with E-state index in [0.717, 1.165) is 5.56 Å². The molecule has 1 rings (SSSR count). The molecule has 1 aromatic rings. The summed E-state index contributed by atoms with van der Waals surface area (Å²) in [4.78, 5) is 11.2. The first-order chi connectivity index (χ1) is 11.6. The van der Waals surface area contributed by atoms with Crippen LogP contribution in [0.3, 0.4) is 0 Å². The number of hydrogen-bond acceptors (Lipinski definition) is 6. The zero-order chi connectivity index (χ0) is 19.1. The second-order valence-electron chi connectivity index (χ2n) is 5.75. The number of aryl methyl sites for hydroxylation is 1. The molecule has 0 saturated heterocycles. The highest BCUT2D eigenvalue weighted by Crippen LogP contribution is 2.49. The fraction of sp³-hybridized carbons (Fsp3) is 0.562. The van der Waals surface area contributed by atoms with Crippen molar-refractivity contribution in [1.29, 1.82) is 0 Å². The Morgan fingerprint density at radius 1 is 1.24 bits per heavy atom. The van der Waals surface area contributed by atoms with E-state index in [1.165, 1.54) is 12.1 Å². The predicted molar refractivity (Wildman–Crippen MR) is 94.5 cm³/mol. The van der Waals surface area contributed by atoms with Crippen molar-refractivity contribution in [3.63, 3.8) is 0 Å². The zero-order valence-corrected chi connectivity index (χ0v) is 16.4. The van der Waals surface area contributed by atoms with Crippen molar-refractivity contribution in [1.82, 2.24) is 0 Å². The number of benzene rings is 1. The highest BCUT2D eigenvalue weighted by atomic mass is 32.2. The normalized spacial score (nSPS) is 15.5. The molecule has 1 N–H and O–H groups in total.